The highest BCUT2D eigenvalue weighted by Crippen LogP contribution is 2.58. The number of hydrogen-bond donors (Lipinski definition) is 1. The maximum atomic E-state index is 12.7. The number of aliphatic hydroxyl groups excluding tert-OH is 1. The lowest BCUT2D eigenvalue weighted by Crippen LogP contribution is -2.29. The van der Waals surface area contributed by atoms with Gasteiger partial charge < -0.3 is 5.11 Å². The summed E-state index contributed by atoms with van der Waals surface area (Å²) in [7, 11) is 0. The molecule has 0 aromatic carbocycles. The van der Waals surface area contributed by atoms with E-state index in [0.29, 0.717) is 5.56 Å². The predicted molar refractivity (Wildman–Crippen MR) is 47.1 cm³/mol. The first kappa shape index (κ1) is 10.4. The summed E-state index contributed by atoms with van der Waals surface area (Å²) >= 11 is 0. The molecule has 1 N–H and O–H groups in total. The Kier molecular flexibility index (Phi) is 2.22. The van der Waals surface area contributed by atoms with Crippen molar-refractivity contribution in [1.29, 1.82) is 0 Å². The average Bonchev–Trinajstić information content (AvgIpc) is 2.98. The van der Waals surface area contributed by atoms with Crippen molar-refractivity contribution < 1.29 is 18.3 Å². The van der Waals surface area contributed by atoms with Crippen LogP contribution in [0.4, 0.5) is 13.2 Å². The normalized spacial score (nSPS) is 18.9. The van der Waals surface area contributed by atoms with Crippen molar-refractivity contribution in [3.8, 4) is 0 Å². The van der Waals surface area contributed by atoms with Crippen LogP contribution in [0.3, 0.4) is 0 Å². The second-order valence-corrected chi connectivity index (χ2v) is 3.79. The fourth-order valence-electron chi connectivity index (χ4n) is 1.61. The lowest BCUT2D eigenvalue weighted by Gasteiger charge is -2.18. The van der Waals surface area contributed by atoms with Crippen molar-refractivity contribution in [1.82, 2.24) is 4.98 Å². The van der Waals surface area contributed by atoms with E-state index < -0.39 is 11.6 Å². The molecule has 1 aliphatic carbocycles. The standard InChI is InChI=1S/C10H10F3NO/c11-10(12,13)9(3-4-9)8-2-1-7(6-15)5-14-8/h1-2,5,15H,3-4,6H2. The van der Waals surface area contributed by atoms with Gasteiger partial charge in [-0.25, -0.2) is 0 Å². The molecule has 15 heavy (non-hydrogen) atoms. The maximum Gasteiger partial charge on any atom is 0.399 e. The van der Waals surface area contributed by atoms with Gasteiger partial charge in [-0.15, -0.1) is 0 Å². The van der Waals surface area contributed by atoms with Gasteiger partial charge in [0.05, 0.1) is 12.3 Å². The largest absolute Gasteiger partial charge is 0.399 e. The number of aromatic nitrogens is 1. The summed E-state index contributed by atoms with van der Waals surface area (Å²) in [5.74, 6) is 0. The van der Waals surface area contributed by atoms with Crippen molar-refractivity contribution >= 4 is 0 Å². The molecule has 1 saturated carbocycles. The molecule has 1 aliphatic rings. The van der Waals surface area contributed by atoms with Crippen LogP contribution in [0.2, 0.25) is 0 Å². The van der Waals surface area contributed by atoms with Crippen LogP contribution in [0.15, 0.2) is 18.3 Å². The van der Waals surface area contributed by atoms with E-state index in [1.54, 1.807) is 0 Å². The van der Waals surface area contributed by atoms with Gasteiger partial charge in [-0.05, 0) is 24.5 Å². The molecule has 0 amide bonds. The number of pyridine rings is 1. The van der Waals surface area contributed by atoms with Crippen molar-refractivity contribution in [2.75, 3.05) is 0 Å². The Morgan fingerprint density at radius 1 is 1.33 bits per heavy atom. The smallest absolute Gasteiger partial charge is 0.392 e. The number of rotatable bonds is 2. The first-order valence-electron chi connectivity index (χ1n) is 4.62. The molecule has 5 heteroatoms. The van der Waals surface area contributed by atoms with Crippen molar-refractivity contribution in [3.63, 3.8) is 0 Å². The molecule has 2 nitrogen and oxygen atoms in total. The van der Waals surface area contributed by atoms with Gasteiger partial charge in [0.2, 0.25) is 0 Å². The zero-order valence-corrected chi connectivity index (χ0v) is 7.88. The zero-order chi connectivity index (χ0) is 11.1. The van der Waals surface area contributed by atoms with Crippen LogP contribution in [0.1, 0.15) is 24.1 Å². The molecule has 0 atom stereocenters. The monoisotopic (exact) mass is 217 g/mol. The third kappa shape index (κ3) is 1.61. The number of hydrogen-bond acceptors (Lipinski definition) is 2. The summed E-state index contributed by atoms with van der Waals surface area (Å²) in [5, 5.41) is 8.74. The lowest BCUT2D eigenvalue weighted by molar-refractivity contribution is -0.161. The zero-order valence-electron chi connectivity index (χ0n) is 7.88. The summed E-state index contributed by atoms with van der Waals surface area (Å²) in [6.45, 7) is -0.202. The molecule has 1 aromatic rings. The molecule has 82 valence electrons. The average molecular weight is 217 g/mol. The first-order valence-corrected chi connectivity index (χ1v) is 4.62. The molecule has 0 saturated heterocycles. The van der Waals surface area contributed by atoms with Crippen LogP contribution in [-0.4, -0.2) is 16.3 Å². The molecule has 1 fully saturated rings. The van der Waals surface area contributed by atoms with E-state index in [1.807, 2.05) is 0 Å². The Bertz CT molecular complexity index is 354. The van der Waals surface area contributed by atoms with Gasteiger partial charge in [0.25, 0.3) is 0 Å². The second kappa shape index (κ2) is 3.20. The van der Waals surface area contributed by atoms with Crippen molar-refractivity contribution in [2.45, 2.75) is 31.0 Å². The third-order valence-electron chi connectivity index (χ3n) is 2.79. The van der Waals surface area contributed by atoms with Gasteiger partial charge >= 0.3 is 6.18 Å². The molecular weight excluding hydrogens is 207 g/mol. The molecule has 0 aliphatic heterocycles. The summed E-state index contributed by atoms with van der Waals surface area (Å²) < 4.78 is 38.0. The molecule has 1 aromatic heterocycles. The van der Waals surface area contributed by atoms with E-state index in [2.05, 4.69) is 4.98 Å². The highest BCUT2D eigenvalue weighted by atomic mass is 19.4. The van der Waals surface area contributed by atoms with Crippen LogP contribution < -0.4 is 0 Å². The lowest BCUT2D eigenvalue weighted by atomic mass is 10.0. The molecule has 0 unspecified atom stereocenters. The SMILES string of the molecule is OCc1ccc(C2(C(F)(F)F)CC2)nc1. The topological polar surface area (TPSA) is 33.1 Å². The van der Waals surface area contributed by atoms with E-state index in [1.165, 1.54) is 18.3 Å². The number of halogens is 3. The van der Waals surface area contributed by atoms with E-state index in [4.69, 9.17) is 5.11 Å². The van der Waals surface area contributed by atoms with Crippen LogP contribution in [0.5, 0.6) is 0 Å². The third-order valence-corrected chi connectivity index (χ3v) is 2.79. The quantitative estimate of drug-likeness (QED) is 0.823. The first-order chi connectivity index (χ1) is 6.99. The molecular formula is C10H10F3NO. The summed E-state index contributed by atoms with van der Waals surface area (Å²) in [4.78, 5) is 3.77. The fraction of sp³-hybridized carbons (Fsp3) is 0.500. The molecule has 0 bridgehead atoms. The maximum absolute atomic E-state index is 12.7. The van der Waals surface area contributed by atoms with E-state index in [-0.39, 0.29) is 25.1 Å². The Morgan fingerprint density at radius 2 is 2.00 bits per heavy atom. The second-order valence-electron chi connectivity index (χ2n) is 3.79. The van der Waals surface area contributed by atoms with Crippen LogP contribution in [0, 0.1) is 0 Å². The minimum absolute atomic E-state index is 0.0622. The fourth-order valence-corrected chi connectivity index (χ4v) is 1.61. The predicted octanol–water partition coefficient (Wildman–Crippen LogP) is 2.17. The summed E-state index contributed by atoms with van der Waals surface area (Å²) in [6, 6.07) is 2.83. The minimum atomic E-state index is -4.22. The number of alkyl halides is 3. The van der Waals surface area contributed by atoms with Crippen molar-refractivity contribution in [3.05, 3.63) is 29.6 Å². The minimum Gasteiger partial charge on any atom is -0.392 e. The Hall–Kier alpha value is -1.10. The highest BCUT2D eigenvalue weighted by molar-refractivity contribution is 5.29. The highest BCUT2D eigenvalue weighted by Gasteiger charge is 2.65. The molecule has 1 heterocycles. The number of aliphatic hydroxyl groups is 1. The van der Waals surface area contributed by atoms with Crippen molar-refractivity contribution in [2.24, 2.45) is 0 Å². The van der Waals surface area contributed by atoms with Gasteiger partial charge in [0, 0.05) is 6.20 Å². The Labute approximate surface area is 84.8 Å². The van der Waals surface area contributed by atoms with Gasteiger partial charge in [-0.1, -0.05) is 6.07 Å². The van der Waals surface area contributed by atoms with Gasteiger partial charge in [-0.2, -0.15) is 13.2 Å². The van der Waals surface area contributed by atoms with E-state index in [0.717, 1.165) is 0 Å². The summed E-state index contributed by atoms with van der Waals surface area (Å²) in [5.41, 5.74) is -1.13. The molecule has 2 rings (SSSR count). The molecule has 0 radical (unpaired) electrons. The van der Waals surface area contributed by atoms with E-state index in [9.17, 15) is 13.2 Å². The molecule has 0 spiro atoms. The van der Waals surface area contributed by atoms with Gasteiger partial charge in [0.15, 0.2) is 0 Å². The number of nitrogens with zero attached hydrogens (tertiary/aromatic N) is 1. The van der Waals surface area contributed by atoms with Gasteiger partial charge in [-0.3, -0.25) is 4.98 Å². The van der Waals surface area contributed by atoms with E-state index >= 15 is 0 Å². The van der Waals surface area contributed by atoms with Crippen LogP contribution in [-0.2, 0) is 12.0 Å². The van der Waals surface area contributed by atoms with Crippen LogP contribution >= 0.6 is 0 Å². The van der Waals surface area contributed by atoms with Gasteiger partial charge in [0.1, 0.15) is 5.41 Å². The Balaban J connectivity index is 2.30. The Morgan fingerprint density at radius 3 is 2.33 bits per heavy atom. The summed E-state index contributed by atoms with van der Waals surface area (Å²) in [6.07, 6.45) is -2.70. The van der Waals surface area contributed by atoms with Crippen LogP contribution in [0.25, 0.3) is 0 Å².